The number of thiophene rings is 1. The van der Waals surface area contributed by atoms with E-state index in [0.717, 1.165) is 44.1 Å². The number of hydrogen-bond donors (Lipinski definition) is 1. The lowest BCUT2D eigenvalue weighted by atomic mass is 10.2. The molecule has 5 heteroatoms. The molecule has 1 N–H and O–H groups in total. The molecule has 1 fully saturated rings. The second-order valence-corrected chi connectivity index (χ2v) is 8.48. The van der Waals surface area contributed by atoms with Crippen LogP contribution in [0.3, 0.4) is 0 Å². The lowest BCUT2D eigenvalue weighted by molar-refractivity contribution is 0.102. The van der Waals surface area contributed by atoms with Gasteiger partial charge in [0, 0.05) is 54.4 Å². The minimum atomic E-state index is -0.0368. The number of anilines is 2. The Balaban J connectivity index is 1.41. The fraction of sp³-hybridized carbons (Fsp3) is 0.292. The number of amides is 1. The van der Waals surface area contributed by atoms with Crippen molar-refractivity contribution in [2.45, 2.75) is 19.9 Å². The van der Waals surface area contributed by atoms with Crippen molar-refractivity contribution in [2.24, 2.45) is 0 Å². The molecular formula is C24H27N3OS. The second-order valence-electron chi connectivity index (χ2n) is 7.34. The number of nitrogens with one attached hydrogen (secondary N) is 1. The Kier molecular flexibility index (Phi) is 6.27. The predicted octanol–water partition coefficient (Wildman–Crippen LogP) is 4.89. The van der Waals surface area contributed by atoms with Gasteiger partial charge in [0.25, 0.3) is 5.91 Å². The summed E-state index contributed by atoms with van der Waals surface area (Å²) < 4.78 is 0. The Morgan fingerprint density at radius 3 is 2.28 bits per heavy atom. The fourth-order valence-electron chi connectivity index (χ4n) is 3.69. The van der Waals surface area contributed by atoms with E-state index in [1.165, 1.54) is 16.1 Å². The number of carbonyl (C=O) groups is 1. The number of nitrogens with zero attached hydrogens (tertiary/aromatic N) is 2. The van der Waals surface area contributed by atoms with Crippen LogP contribution < -0.4 is 10.2 Å². The molecule has 4 rings (SSSR count). The van der Waals surface area contributed by atoms with Crippen LogP contribution in [0.4, 0.5) is 10.7 Å². The average molecular weight is 406 g/mol. The Hall–Kier alpha value is -2.63. The number of para-hydroxylation sites is 1. The summed E-state index contributed by atoms with van der Waals surface area (Å²) in [5.41, 5.74) is 3.22. The van der Waals surface area contributed by atoms with Crippen molar-refractivity contribution in [1.82, 2.24) is 4.90 Å². The zero-order valence-electron chi connectivity index (χ0n) is 16.8. The highest BCUT2D eigenvalue weighted by Crippen LogP contribution is 2.30. The summed E-state index contributed by atoms with van der Waals surface area (Å²) >= 11 is 1.70. The first-order valence-corrected chi connectivity index (χ1v) is 11.0. The zero-order chi connectivity index (χ0) is 20.1. The van der Waals surface area contributed by atoms with Crippen molar-refractivity contribution in [1.29, 1.82) is 0 Å². The van der Waals surface area contributed by atoms with Crippen molar-refractivity contribution in [3.63, 3.8) is 0 Å². The first-order valence-electron chi connectivity index (χ1n) is 10.2. The van der Waals surface area contributed by atoms with E-state index in [2.05, 4.69) is 58.4 Å². The second kappa shape index (κ2) is 9.25. The minimum Gasteiger partial charge on any atom is -0.369 e. The van der Waals surface area contributed by atoms with Gasteiger partial charge in [-0.25, -0.2) is 0 Å². The molecule has 4 nitrogen and oxygen atoms in total. The highest BCUT2D eigenvalue weighted by Gasteiger charge is 2.20. The van der Waals surface area contributed by atoms with Crippen molar-refractivity contribution in [3.8, 4) is 0 Å². The van der Waals surface area contributed by atoms with Crippen LogP contribution in [0.1, 0.15) is 27.7 Å². The molecule has 0 unspecified atom stereocenters. The summed E-state index contributed by atoms with van der Waals surface area (Å²) in [4.78, 5) is 18.9. The molecule has 0 atom stereocenters. The number of hydrogen-bond acceptors (Lipinski definition) is 4. The van der Waals surface area contributed by atoms with Gasteiger partial charge in [0.2, 0.25) is 0 Å². The maximum atomic E-state index is 12.6. The van der Waals surface area contributed by atoms with Gasteiger partial charge in [-0.1, -0.05) is 43.3 Å². The molecule has 0 bridgehead atoms. The van der Waals surface area contributed by atoms with Crippen molar-refractivity contribution >= 4 is 27.9 Å². The standard InChI is InChI=1S/C24H27N3OS/c1-2-22-17-20(24(29-22)25-23(28)19-9-5-3-6-10-19)18-26-13-15-27(16-14-26)21-11-7-4-8-12-21/h3-12,17H,2,13-16,18H2,1H3,(H,25,28). The van der Waals surface area contributed by atoms with Gasteiger partial charge in [-0.3, -0.25) is 9.69 Å². The van der Waals surface area contributed by atoms with Crippen LogP contribution in [0, 0.1) is 0 Å². The highest BCUT2D eigenvalue weighted by molar-refractivity contribution is 7.16. The van der Waals surface area contributed by atoms with E-state index < -0.39 is 0 Å². The van der Waals surface area contributed by atoms with E-state index in [0.29, 0.717) is 5.56 Å². The lowest BCUT2D eigenvalue weighted by Crippen LogP contribution is -2.46. The van der Waals surface area contributed by atoms with Crippen LogP contribution in [0.25, 0.3) is 0 Å². The minimum absolute atomic E-state index is 0.0368. The quantitative estimate of drug-likeness (QED) is 0.635. The molecule has 1 aliphatic rings. The maximum Gasteiger partial charge on any atom is 0.256 e. The van der Waals surface area contributed by atoms with Crippen LogP contribution in [0.5, 0.6) is 0 Å². The number of rotatable bonds is 6. The van der Waals surface area contributed by atoms with Gasteiger partial charge in [0.1, 0.15) is 0 Å². The third kappa shape index (κ3) is 4.86. The van der Waals surface area contributed by atoms with Crippen molar-refractivity contribution in [3.05, 3.63) is 82.7 Å². The van der Waals surface area contributed by atoms with Crippen LogP contribution >= 0.6 is 11.3 Å². The molecule has 2 heterocycles. The molecule has 1 aliphatic heterocycles. The van der Waals surface area contributed by atoms with E-state index in [-0.39, 0.29) is 5.91 Å². The van der Waals surface area contributed by atoms with Crippen LogP contribution in [-0.4, -0.2) is 37.0 Å². The molecule has 2 aromatic carbocycles. The molecule has 29 heavy (non-hydrogen) atoms. The Morgan fingerprint density at radius 1 is 0.966 bits per heavy atom. The summed E-state index contributed by atoms with van der Waals surface area (Å²) in [5.74, 6) is -0.0368. The third-order valence-corrected chi connectivity index (χ3v) is 6.60. The van der Waals surface area contributed by atoms with Crippen LogP contribution in [0.2, 0.25) is 0 Å². The van der Waals surface area contributed by atoms with Gasteiger partial charge >= 0.3 is 0 Å². The van der Waals surface area contributed by atoms with Gasteiger partial charge in [-0.05, 0) is 36.8 Å². The molecule has 0 radical (unpaired) electrons. The van der Waals surface area contributed by atoms with E-state index in [9.17, 15) is 4.79 Å². The molecule has 0 spiro atoms. The Morgan fingerprint density at radius 2 is 1.62 bits per heavy atom. The molecule has 150 valence electrons. The topological polar surface area (TPSA) is 35.6 Å². The molecular weight excluding hydrogens is 378 g/mol. The summed E-state index contributed by atoms with van der Waals surface area (Å²) in [7, 11) is 0. The average Bonchev–Trinajstić information content (AvgIpc) is 3.17. The monoisotopic (exact) mass is 405 g/mol. The summed E-state index contributed by atoms with van der Waals surface area (Å²) in [6, 6.07) is 22.3. The van der Waals surface area contributed by atoms with Gasteiger partial charge in [0.15, 0.2) is 0 Å². The van der Waals surface area contributed by atoms with E-state index >= 15 is 0 Å². The molecule has 0 saturated carbocycles. The van der Waals surface area contributed by atoms with E-state index in [1.54, 1.807) is 11.3 Å². The maximum absolute atomic E-state index is 12.6. The number of carbonyl (C=O) groups excluding carboxylic acids is 1. The number of piperazine rings is 1. The molecule has 3 aromatic rings. The Labute approximate surface area is 176 Å². The number of benzene rings is 2. The molecule has 1 saturated heterocycles. The smallest absolute Gasteiger partial charge is 0.256 e. The van der Waals surface area contributed by atoms with E-state index in [4.69, 9.17) is 0 Å². The van der Waals surface area contributed by atoms with Crippen LogP contribution in [-0.2, 0) is 13.0 Å². The molecule has 1 aromatic heterocycles. The van der Waals surface area contributed by atoms with Gasteiger partial charge < -0.3 is 10.2 Å². The van der Waals surface area contributed by atoms with Crippen molar-refractivity contribution in [2.75, 3.05) is 36.4 Å². The highest BCUT2D eigenvalue weighted by atomic mass is 32.1. The molecule has 0 aliphatic carbocycles. The van der Waals surface area contributed by atoms with E-state index in [1.807, 2.05) is 30.3 Å². The SMILES string of the molecule is CCc1cc(CN2CCN(c3ccccc3)CC2)c(NC(=O)c2ccccc2)s1. The Bertz CT molecular complexity index is 931. The van der Waals surface area contributed by atoms with Gasteiger partial charge in [0.05, 0.1) is 5.00 Å². The first kappa shape index (κ1) is 19.7. The largest absolute Gasteiger partial charge is 0.369 e. The lowest BCUT2D eigenvalue weighted by Gasteiger charge is -2.36. The van der Waals surface area contributed by atoms with Crippen LogP contribution in [0.15, 0.2) is 66.7 Å². The summed E-state index contributed by atoms with van der Waals surface area (Å²) in [6.45, 7) is 7.15. The fourth-order valence-corrected chi connectivity index (χ4v) is 4.70. The molecule has 1 amide bonds. The predicted molar refractivity (Wildman–Crippen MR) is 122 cm³/mol. The van der Waals surface area contributed by atoms with Gasteiger partial charge in [-0.2, -0.15) is 0 Å². The normalized spacial score (nSPS) is 14.7. The first-order chi connectivity index (χ1) is 14.2. The zero-order valence-corrected chi connectivity index (χ0v) is 17.6. The summed E-state index contributed by atoms with van der Waals surface area (Å²) in [6.07, 6.45) is 0.987. The van der Waals surface area contributed by atoms with Gasteiger partial charge in [-0.15, -0.1) is 11.3 Å². The third-order valence-electron chi connectivity index (χ3n) is 5.36. The summed E-state index contributed by atoms with van der Waals surface area (Å²) in [5, 5.41) is 4.14. The van der Waals surface area contributed by atoms with Crippen molar-refractivity contribution < 1.29 is 4.79 Å². The number of aryl methyl sites for hydroxylation is 1.